The molecule has 2 aromatic rings. The number of nitrogens with one attached hydrogen (secondary N) is 2. The second-order valence-electron chi connectivity index (χ2n) is 4.96. The molecule has 21 heavy (non-hydrogen) atoms. The van der Waals surface area contributed by atoms with Crippen LogP contribution in [0, 0.1) is 0 Å². The molecule has 0 saturated heterocycles. The van der Waals surface area contributed by atoms with Crippen molar-refractivity contribution >= 4 is 6.03 Å². The fraction of sp³-hybridized carbons (Fsp3) is 0.294. The van der Waals surface area contributed by atoms with E-state index in [9.17, 15) is 4.79 Å². The molecule has 0 fully saturated rings. The topological polar surface area (TPSA) is 54.0 Å². The zero-order valence-electron chi connectivity index (χ0n) is 12.5. The second-order valence-corrected chi connectivity index (χ2v) is 4.96. The lowest BCUT2D eigenvalue weighted by Crippen LogP contribution is -2.36. The van der Waals surface area contributed by atoms with Crippen molar-refractivity contribution in [1.82, 2.24) is 15.6 Å². The van der Waals surface area contributed by atoms with Crippen LogP contribution in [0.5, 0.6) is 0 Å². The number of pyridine rings is 1. The van der Waals surface area contributed by atoms with E-state index in [2.05, 4.69) is 46.8 Å². The summed E-state index contributed by atoms with van der Waals surface area (Å²) >= 11 is 0. The predicted molar refractivity (Wildman–Crippen MR) is 83.8 cm³/mol. The van der Waals surface area contributed by atoms with Crippen molar-refractivity contribution in [1.29, 1.82) is 0 Å². The van der Waals surface area contributed by atoms with Crippen LogP contribution in [0.2, 0.25) is 0 Å². The Morgan fingerprint density at radius 2 is 1.95 bits per heavy atom. The van der Waals surface area contributed by atoms with Gasteiger partial charge >= 0.3 is 6.03 Å². The number of benzene rings is 1. The van der Waals surface area contributed by atoms with Crippen LogP contribution in [0.25, 0.3) is 0 Å². The van der Waals surface area contributed by atoms with E-state index in [1.165, 1.54) is 5.56 Å². The molecule has 4 heteroatoms. The Morgan fingerprint density at radius 1 is 1.19 bits per heavy atom. The predicted octanol–water partition coefficient (Wildman–Crippen LogP) is 3.20. The maximum absolute atomic E-state index is 11.9. The van der Waals surface area contributed by atoms with Crippen molar-refractivity contribution in [2.75, 3.05) is 0 Å². The molecular weight excluding hydrogens is 262 g/mol. The number of amides is 2. The molecule has 1 aromatic carbocycles. The molecular formula is C17H21N3O. The first-order valence-electron chi connectivity index (χ1n) is 7.22. The average Bonchev–Trinajstić information content (AvgIpc) is 2.54. The molecule has 0 aliphatic heterocycles. The summed E-state index contributed by atoms with van der Waals surface area (Å²) in [5, 5.41) is 5.74. The van der Waals surface area contributed by atoms with Gasteiger partial charge < -0.3 is 10.6 Å². The Kier molecular flexibility index (Phi) is 5.32. The minimum absolute atomic E-state index is 0.0281. The van der Waals surface area contributed by atoms with Crippen molar-refractivity contribution < 1.29 is 4.79 Å². The molecule has 0 saturated carbocycles. The molecule has 0 aliphatic carbocycles. The first kappa shape index (κ1) is 15.0. The summed E-state index contributed by atoms with van der Waals surface area (Å²) in [6.07, 6.45) is 2.74. The maximum atomic E-state index is 11.9. The molecule has 2 amide bonds. The van der Waals surface area contributed by atoms with Gasteiger partial charge in [-0.1, -0.05) is 37.3 Å². The van der Waals surface area contributed by atoms with Crippen LogP contribution in [-0.4, -0.2) is 11.0 Å². The van der Waals surface area contributed by atoms with Gasteiger partial charge in [0.15, 0.2) is 0 Å². The largest absolute Gasteiger partial charge is 0.332 e. The highest BCUT2D eigenvalue weighted by atomic mass is 16.2. The Bertz CT molecular complexity index is 566. The average molecular weight is 283 g/mol. The zero-order valence-corrected chi connectivity index (χ0v) is 12.5. The van der Waals surface area contributed by atoms with Gasteiger partial charge in [-0.3, -0.25) is 4.98 Å². The van der Waals surface area contributed by atoms with Gasteiger partial charge in [-0.15, -0.1) is 0 Å². The van der Waals surface area contributed by atoms with Crippen LogP contribution in [0.15, 0.2) is 48.7 Å². The molecule has 2 rings (SSSR count). The lowest BCUT2D eigenvalue weighted by atomic mass is 10.1. The molecule has 2 N–H and O–H groups in total. The molecule has 1 atom stereocenters. The zero-order chi connectivity index (χ0) is 15.1. The molecule has 1 heterocycles. The first-order valence-corrected chi connectivity index (χ1v) is 7.22. The minimum atomic E-state index is -0.187. The van der Waals surface area contributed by atoms with Crippen molar-refractivity contribution in [2.45, 2.75) is 32.9 Å². The van der Waals surface area contributed by atoms with Crippen LogP contribution in [0.3, 0.4) is 0 Å². The van der Waals surface area contributed by atoms with Gasteiger partial charge in [0.2, 0.25) is 0 Å². The number of carbonyl (C=O) groups excluding carboxylic acids is 1. The van der Waals surface area contributed by atoms with E-state index in [4.69, 9.17) is 0 Å². The van der Waals surface area contributed by atoms with Crippen LogP contribution < -0.4 is 10.6 Å². The van der Waals surface area contributed by atoms with Crippen LogP contribution in [0.1, 0.15) is 36.7 Å². The van der Waals surface area contributed by atoms with E-state index >= 15 is 0 Å². The Labute approximate surface area is 125 Å². The number of hydrogen-bond donors (Lipinski definition) is 2. The third-order valence-electron chi connectivity index (χ3n) is 3.39. The van der Waals surface area contributed by atoms with Crippen LogP contribution in [-0.2, 0) is 13.0 Å². The maximum Gasteiger partial charge on any atom is 0.315 e. The number of aryl methyl sites for hydroxylation is 1. The summed E-state index contributed by atoms with van der Waals surface area (Å²) in [5.41, 5.74) is 3.23. The van der Waals surface area contributed by atoms with Crippen molar-refractivity contribution in [3.63, 3.8) is 0 Å². The molecule has 1 aromatic heterocycles. The molecule has 4 nitrogen and oxygen atoms in total. The van der Waals surface area contributed by atoms with Crippen LogP contribution in [0.4, 0.5) is 4.79 Å². The van der Waals surface area contributed by atoms with E-state index in [-0.39, 0.29) is 12.1 Å². The van der Waals surface area contributed by atoms with Gasteiger partial charge in [-0.2, -0.15) is 0 Å². The lowest BCUT2D eigenvalue weighted by molar-refractivity contribution is 0.237. The number of carbonyl (C=O) groups is 1. The van der Waals surface area contributed by atoms with Crippen molar-refractivity contribution in [3.8, 4) is 0 Å². The third-order valence-corrected chi connectivity index (χ3v) is 3.39. The number of hydrogen-bond acceptors (Lipinski definition) is 2. The normalized spacial score (nSPS) is 11.7. The van der Waals surface area contributed by atoms with Gasteiger partial charge in [0.25, 0.3) is 0 Å². The van der Waals surface area contributed by atoms with E-state index in [1.807, 2.05) is 25.1 Å². The van der Waals surface area contributed by atoms with Crippen molar-refractivity contribution in [2.24, 2.45) is 0 Å². The van der Waals surface area contributed by atoms with Gasteiger partial charge in [-0.25, -0.2) is 4.79 Å². The van der Waals surface area contributed by atoms with E-state index < -0.39 is 0 Å². The minimum Gasteiger partial charge on any atom is -0.332 e. The summed E-state index contributed by atoms with van der Waals surface area (Å²) in [4.78, 5) is 16.0. The quantitative estimate of drug-likeness (QED) is 0.885. The fourth-order valence-electron chi connectivity index (χ4n) is 2.05. The monoisotopic (exact) mass is 283 g/mol. The van der Waals surface area contributed by atoms with Crippen LogP contribution >= 0.6 is 0 Å². The number of urea groups is 1. The van der Waals surface area contributed by atoms with Gasteiger partial charge in [0.05, 0.1) is 18.3 Å². The standard InChI is InChI=1S/C17H21N3O/c1-3-14-7-9-15(10-8-14)13(2)20-17(21)19-12-16-6-4-5-11-18-16/h4-11,13H,3,12H2,1-2H3,(H2,19,20,21). The van der Waals surface area contributed by atoms with Gasteiger partial charge in [0.1, 0.15) is 0 Å². The first-order chi connectivity index (χ1) is 10.2. The molecule has 0 spiro atoms. The summed E-state index contributed by atoms with van der Waals surface area (Å²) in [6.45, 7) is 4.53. The summed E-state index contributed by atoms with van der Waals surface area (Å²) in [7, 11) is 0. The molecule has 0 radical (unpaired) electrons. The molecule has 0 aliphatic rings. The fourth-order valence-corrected chi connectivity index (χ4v) is 2.05. The Balaban J connectivity index is 1.83. The number of rotatable bonds is 5. The summed E-state index contributed by atoms with van der Waals surface area (Å²) in [6, 6.07) is 13.7. The summed E-state index contributed by atoms with van der Waals surface area (Å²) in [5.74, 6) is 0. The third kappa shape index (κ3) is 4.60. The van der Waals surface area contributed by atoms with E-state index in [0.717, 1.165) is 17.7 Å². The highest BCUT2D eigenvalue weighted by Gasteiger charge is 2.09. The van der Waals surface area contributed by atoms with Crippen molar-refractivity contribution in [3.05, 3.63) is 65.5 Å². The molecule has 0 bridgehead atoms. The van der Waals surface area contributed by atoms with Gasteiger partial charge in [0, 0.05) is 6.20 Å². The van der Waals surface area contributed by atoms with E-state index in [0.29, 0.717) is 6.54 Å². The second kappa shape index (κ2) is 7.43. The SMILES string of the molecule is CCc1ccc(C(C)NC(=O)NCc2ccccn2)cc1. The number of nitrogens with zero attached hydrogens (tertiary/aromatic N) is 1. The van der Waals surface area contributed by atoms with Gasteiger partial charge in [-0.05, 0) is 36.6 Å². The lowest BCUT2D eigenvalue weighted by Gasteiger charge is -2.15. The van der Waals surface area contributed by atoms with E-state index in [1.54, 1.807) is 6.20 Å². The number of aromatic nitrogens is 1. The smallest absolute Gasteiger partial charge is 0.315 e. The summed E-state index contributed by atoms with van der Waals surface area (Å²) < 4.78 is 0. The Hall–Kier alpha value is -2.36. The molecule has 110 valence electrons. The highest BCUT2D eigenvalue weighted by molar-refractivity contribution is 5.74. The Morgan fingerprint density at radius 3 is 2.57 bits per heavy atom. The highest BCUT2D eigenvalue weighted by Crippen LogP contribution is 2.13. The molecule has 1 unspecified atom stereocenters.